The average Bonchev–Trinajstić information content (AvgIpc) is 3.16. The van der Waals surface area contributed by atoms with Gasteiger partial charge in [-0.25, -0.2) is 9.98 Å². The topological polar surface area (TPSA) is 86.7 Å². The predicted octanol–water partition coefficient (Wildman–Crippen LogP) is 3.52. The van der Waals surface area contributed by atoms with Gasteiger partial charge >= 0.3 is 0 Å². The van der Waals surface area contributed by atoms with Crippen molar-refractivity contribution in [2.75, 3.05) is 20.8 Å². The van der Waals surface area contributed by atoms with Gasteiger partial charge in [0.05, 0.1) is 20.8 Å². The molecule has 0 saturated carbocycles. The summed E-state index contributed by atoms with van der Waals surface area (Å²) >= 11 is 0. The number of benzene rings is 2. The van der Waals surface area contributed by atoms with Crippen molar-refractivity contribution in [1.82, 2.24) is 14.9 Å². The smallest absolute Gasteiger partial charge is 0.188 e. The van der Waals surface area contributed by atoms with Crippen LogP contribution in [0.1, 0.15) is 22.5 Å². The largest absolute Gasteiger partial charge is 0.493 e. The Balaban J connectivity index is 0.00000341. The van der Waals surface area contributed by atoms with Gasteiger partial charge in [-0.05, 0) is 42.2 Å². The molecule has 0 amide bonds. The molecule has 3 aromatic rings. The molecule has 8 heteroatoms. The van der Waals surface area contributed by atoms with E-state index >= 15 is 0 Å². The van der Waals surface area contributed by atoms with Gasteiger partial charge in [0.25, 0.3) is 0 Å². The maximum Gasteiger partial charge on any atom is 0.188 e. The molecular weight excluding hydrogens is 505 g/mol. The summed E-state index contributed by atoms with van der Waals surface area (Å²) < 4.78 is 12.7. The van der Waals surface area contributed by atoms with Crippen molar-refractivity contribution >= 4 is 29.9 Å². The molecule has 0 spiro atoms. The Kier molecular flexibility index (Phi) is 9.64. The molecule has 3 rings (SSSR count). The number of aryl methyl sites for hydroxylation is 1. The number of imidazole rings is 1. The van der Waals surface area contributed by atoms with Crippen molar-refractivity contribution in [3.8, 4) is 11.5 Å². The first-order valence-electron chi connectivity index (χ1n) is 9.89. The van der Waals surface area contributed by atoms with E-state index in [0.717, 1.165) is 41.4 Å². The minimum Gasteiger partial charge on any atom is -0.493 e. The number of guanidine groups is 1. The zero-order valence-corrected chi connectivity index (χ0v) is 20.5. The van der Waals surface area contributed by atoms with E-state index in [4.69, 9.17) is 15.2 Å². The molecule has 0 bridgehead atoms. The van der Waals surface area contributed by atoms with Crippen LogP contribution >= 0.6 is 24.0 Å². The van der Waals surface area contributed by atoms with E-state index in [-0.39, 0.29) is 24.0 Å². The van der Waals surface area contributed by atoms with Crippen LogP contribution in [0.3, 0.4) is 0 Å². The van der Waals surface area contributed by atoms with E-state index in [0.29, 0.717) is 19.0 Å². The third-order valence-electron chi connectivity index (χ3n) is 4.87. The molecule has 3 N–H and O–H groups in total. The number of nitrogens with two attached hydrogens (primary N) is 1. The van der Waals surface area contributed by atoms with Crippen LogP contribution in [0.15, 0.2) is 59.9 Å². The Morgan fingerprint density at radius 1 is 1.06 bits per heavy atom. The van der Waals surface area contributed by atoms with Crippen LogP contribution in [-0.2, 0) is 19.5 Å². The molecular formula is C23H30IN5O2. The van der Waals surface area contributed by atoms with E-state index in [1.54, 1.807) is 14.2 Å². The maximum atomic E-state index is 6.04. The highest BCUT2D eigenvalue weighted by atomic mass is 127. The Labute approximate surface area is 200 Å². The fourth-order valence-electron chi connectivity index (χ4n) is 3.20. The fraction of sp³-hybridized carbons (Fsp3) is 0.304. The summed E-state index contributed by atoms with van der Waals surface area (Å²) in [7, 11) is 3.26. The SMILES string of the molecule is COc1ccc(CCNC(N)=NCc2cccc(Cn3ccnc3C)c2)cc1OC.I. The number of hydrogen-bond donors (Lipinski definition) is 2. The van der Waals surface area contributed by atoms with Crippen molar-refractivity contribution < 1.29 is 9.47 Å². The van der Waals surface area contributed by atoms with Crippen LogP contribution in [0.4, 0.5) is 0 Å². The summed E-state index contributed by atoms with van der Waals surface area (Å²) in [6, 6.07) is 14.3. The lowest BCUT2D eigenvalue weighted by Gasteiger charge is -2.10. The second-order valence-electron chi connectivity index (χ2n) is 6.99. The number of ether oxygens (including phenoxy) is 2. The zero-order valence-electron chi connectivity index (χ0n) is 18.2. The molecule has 1 aromatic heterocycles. The molecule has 166 valence electrons. The molecule has 0 unspecified atom stereocenters. The highest BCUT2D eigenvalue weighted by Gasteiger charge is 2.05. The van der Waals surface area contributed by atoms with Crippen LogP contribution in [-0.4, -0.2) is 36.3 Å². The second-order valence-corrected chi connectivity index (χ2v) is 6.99. The molecule has 1 heterocycles. The normalized spacial score (nSPS) is 11.0. The van der Waals surface area contributed by atoms with Gasteiger partial charge < -0.3 is 25.1 Å². The molecule has 7 nitrogen and oxygen atoms in total. The van der Waals surface area contributed by atoms with Gasteiger partial charge in [0.2, 0.25) is 0 Å². The number of aliphatic imine (C=N–C) groups is 1. The van der Waals surface area contributed by atoms with Crippen LogP contribution < -0.4 is 20.5 Å². The summed E-state index contributed by atoms with van der Waals surface area (Å²) in [5.74, 6) is 2.89. The molecule has 0 atom stereocenters. The molecule has 0 aliphatic heterocycles. The minimum atomic E-state index is 0. The molecule has 2 aromatic carbocycles. The van der Waals surface area contributed by atoms with E-state index in [2.05, 4.69) is 38.1 Å². The number of rotatable bonds is 9. The monoisotopic (exact) mass is 535 g/mol. The lowest BCUT2D eigenvalue weighted by atomic mass is 10.1. The van der Waals surface area contributed by atoms with Crippen molar-refractivity contribution in [2.24, 2.45) is 10.7 Å². The first kappa shape index (κ1) is 24.5. The van der Waals surface area contributed by atoms with Gasteiger partial charge in [0.15, 0.2) is 17.5 Å². The highest BCUT2D eigenvalue weighted by Crippen LogP contribution is 2.27. The fourth-order valence-corrected chi connectivity index (χ4v) is 3.20. The molecule has 0 aliphatic carbocycles. The third kappa shape index (κ3) is 7.16. The molecule has 0 aliphatic rings. The van der Waals surface area contributed by atoms with Gasteiger partial charge in [-0.3, -0.25) is 0 Å². The van der Waals surface area contributed by atoms with Gasteiger partial charge in [-0.2, -0.15) is 0 Å². The standard InChI is InChI=1S/C23H29N5O2.HI/c1-17-25-11-12-28(17)16-20-6-4-5-19(13-20)15-27-23(24)26-10-9-18-7-8-21(29-2)22(14-18)30-3;/h4-8,11-14H,9-10,15-16H2,1-3H3,(H3,24,26,27);1H. The van der Waals surface area contributed by atoms with Crippen LogP contribution in [0.25, 0.3) is 0 Å². The predicted molar refractivity (Wildman–Crippen MR) is 135 cm³/mol. The first-order valence-corrected chi connectivity index (χ1v) is 9.89. The van der Waals surface area contributed by atoms with Crippen molar-refractivity contribution in [3.63, 3.8) is 0 Å². The number of hydrogen-bond acceptors (Lipinski definition) is 4. The second kappa shape index (κ2) is 12.2. The Morgan fingerprint density at radius 3 is 2.55 bits per heavy atom. The molecule has 0 fully saturated rings. The van der Waals surface area contributed by atoms with Crippen LogP contribution in [0.2, 0.25) is 0 Å². The Bertz CT molecular complexity index is 1000. The van der Waals surface area contributed by atoms with Crippen molar-refractivity contribution in [2.45, 2.75) is 26.4 Å². The Hall–Kier alpha value is -2.75. The van der Waals surface area contributed by atoms with Crippen LogP contribution in [0, 0.1) is 6.92 Å². The quantitative estimate of drug-likeness (QED) is 0.249. The highest BCUT2D eigenvalue weighted by molar-refractivity contribution is 14.0. The molecule has 0 saturated heterocycles. The van der Waals surface area contributed by atoms with E-state index in [9.17, 15) is 0 Å². The number of nitrogens with zero attached hydrogens (tertiary/aromatic N) is 3. The number of nitrogens with one attached hydrogen (secondary N) is 1. The zero-order chi connectivity index (χ0) is 21.3. The first-order chi connectivity index (χ1) is 14.6. The Morgan fingerprint density at radius 2 is 1.84 bits per heavy atom. The van der Waals surface area contributed by atoms with Gasteiger partial charge in [-0.15, -0.1) is 24.0 Å². The lowest BCUT2D eigenvalue weighted by Crippen LogP contribution is -2.33. The van der Waals surface area contributed by atoms with Gasteiger partial charge in [-0.1, -0.05) is 30.3 Å². The van der Waals surface area contributed by atoms with Crippen molar-refractivity contribution in [3.05, 3.63) is 77.4 Å². The van der Waals surface area contributed by atoms with E-state index in [1.807, 2.05) is 43.6 Å². The van der Waals surface area contributed by atoms with Crippen molar-refractivity contribution in [1.29, 1.82) is 0 Å². The number of halogens is 1. The minimum absolute atomic E-state index is 0. The van der Waals surface area contributed by atoms with Crippen LogP contribution in [0.5, 0.6) is 11.5 Å². The molecule has 0 radical (unpaired) electrons. The molecule has 31 heavy (non-hydrogen) atoms. The average molecular weight is 535 g/mol. The van der Waals surface area contributed by atoms with Gasteiger partial charge in [0.1, 0.15) is 5.82 Å². The summed E-state index contributed by atoms with van der Waals surface area (Å²) in [4.78, 5) is 8.73. The van der Waals surface area contributed by atoms with E-state index < -0.39 is 0 Å². The number of aromatic nitrogens is 2. The number of methoxy groups -OCH3 is 2. The summed E-state index contributed by atoms with van der Waals surface area (Å²) in [5.41, 5.74) is 9.50. The third-order valence-corrected chi connectivity index (χ3v) is 4.87. The summed E-state index contributed by atoms with van der Waals surface area (Å²) in [6.45, 7) is 4.02. The maximum absolute atomic E-state index is 6.04. The van der Waals surface area contributed by atoms with Gasteiger partial charge in [0, 0.05) is 25.5 Å². The van der Waals surface area contributed by atoms with E-state index in [1.165, 1.54) is 5.56 Å². The summed E-state index contributed by atoms with van der Waals surface area (Å²) in [5, 5.41) is 3.17. The summed E-state index contributed by atoms with van der Waals surface area (Å²) in [6.07, 6.45) is 4.61. The lowest BCUT2D eigenvalue weighted by molar-refractivity contribution is 0.354.